The fourth-order valence-corrected chi connectivity index (χ4v) is 2.57. The maximum absolute atomic E-state index is 11.6. The summed E-state index contributed by atoms with van der Waals surface area (Å²) in [6.45, 7) is 2.24. The van der Waals surface area contributed by atoms with Crippen LogP contribution in [0.4, 0.5) is 0 Å². The number of hydrogen-bond acceptors (Lipinski definition) is 2. The molecular weight excluding hydrogens is 226 g/mol. The molecule has 18 heavy (non-hydrogen) atoms. The summed E-state index contributed by atoms with van der Waals surface area (Å²) in [5, 5.41) is 9.55. The van der Waals surface area contributed by atoms with Gasteiger partial charge < -0.3 is 10.8 Å². The maximum Gasteiger partial charge on any atom is 0.311 e. The number of carboxylic acids is 1. The van der Waals surface area contributed by atoms with Crippen molar-refractivity contribution in [3.05, 3.63) is 35.4 Å². The van der Waals surface area contributed by atoms with Crippen molar-refractivity contribution >= 4 is 5.97 Å². The van der Waals surface area contributed by atoms with Crippen LogP contribution in [0.25, 0.3) is 0 Å². The summed E-state index contributed by atoms with van der Waals surface area (Å²) in [6.07, 6.45) is 3.56. The predicted octanol–water partition coefficient (Wildman–Crippen LogP) is 2.37. The lowest BCUT2D eigenvalue weighted by Gasteiger charge is -2.28. The van der Waals surface area contributed by atoms with E-state index in [1.165, 1.54) is 0 Å². The van der Waals surface area contributed by atoms with Gasteiger partial charge in [0.1, 0.15) is 0 Å². The van der Waals surface area contributed by atoms with Gasteiger partial charge in [0.2, 0.25) is 0 Å². The van der Waals surface area contributed by atoms with E-state index >= 15 is 0 Å². The number of benzene rings is 1. The molecule has 1 saturated carbocycles. The van der Waals surface area contributed by atoms with Gasteiger partial charge in [-0.05, 0) is 31.2 Å². The normalized spacial score (nSPS) is 18.3. The van der Waals surface area contributed by atoms with E-state index in [-0.39, 0.29) is 6.54 Å². The van der Waals surface area contributed by atoms with Gasteiger partial charge in [-0.2, -0.15) is 0 Å². The highest BCUT2D eigenvalue weighted by atomic mass is 16.4. The molecular formula is C15H21NO2. The molecule has 1 aliphatic carbocycles. The summed E-state index contributed by atoms with van der Waals surface area (Å²) in [7, 11) is 0. The Morgan fingerprint density at radius 2 is 2.22 bits per heavy atom. The summed E-state index contributed by atoms with van der Waals surface area (Å²) in [6, 6.07) is 8.05. The van der Waals surface area contributed by atoms with Gasteiger partial charge in [0.25, 0.3) is 0 Å². The first-order chi connectivity index (χ1) is 8.55. The molecule has 98 valence electrons. The minimum absolute atomic E-state index is 0.215. The van der Waals surface area contributed by atoms with Gasteiger partial charge in [0, 0.05) is 6.54 Å². The van der Waals surface area contributed by atoms with Crippen LogP contribution < -0.4 is 5.73 Å². The van der Waals surface area contributed by atoms with Crippen molar-refractivity contribution in [3.63, 3.8) is 0 Å². The van der Waals surface area contributed by atoms with Crippen LogP contribution >= 0.6 is 0 Å². The van der Waals surface area contributed by atoms with Crippen molar-refractivity contribution in [1.29, 1.82) is 0 Å². The molecule has 0 saturated heterocycles. The highest BCUT2D eigenvalue weighted by Gasteiger charge is 2.42. The highest BCUT2D eigenvalue weighted by molar-refractivity contribution is 5.75. The lowest BCUT2D eigenvalue weighted by molar-refractivity contribution is -0.149. The van der Waals surface area contributed by atoms with Crippen molar-refractivity contribution in [3.8, 4) is 0 Å². The smallest absolute Gasteiger partial charge is 0.311 e. The van der Waals surface area contributed by atoms with Gasteiger partial charge in [-0.15, -0.1) is 0 Å². The van der Waals surface area contributed by atoms with Crippen LogP contribution in [0.1, 0.15) is 30.4 Å². The Hall–Kier alpha value is -1.35. The standard InChI is InChI=1S/C15H21NO2/c1-11-3-2-4-13(7-11)9-15(10-16,14(17)18)8-12-5-6-12/h2-4,7,12H,5-6,8-10,16H2,1H3,(H,17,18). The van der Waals surface area contributed by atoms with Gasteiger partial charge in [0.05, 0.1) is 5.41 Å². The molecule has 0 heterocycles. The molecule has 1 aromatic carbocycles. The number of nitrogens with two attached hydrogens (primary N) is 1. The van der Waals surface area contributed by atoms with Crippen molar-refractivity contribution in [1.82, 2.24) is 0 Å². The Balaban J connectivity index is 2.20. The van der Waals surface area contributed by atoms with Crippen molar-refractivity contribution in [2.75, 3.05) is 6.54 Å². The zero-order chi connectivity index (χ0) is 13.2. The molecule has 1 unspecified atom stereocenters. The average Bonchev–Trinajstić information content (AvgIpc) is 3.11. The quantitative estimate of drug-likeness (QED) is 0.811. The Morgan fingerprint density at radius 1 is 1.50 bits per heavy atom. The summed E-state index contributed by atoms with van der Waals surface area (Å²) < 4.78 is 0. The average molecular weight is 247 g/mol. The third-order valence-corrected chi connectivity index (χ3v) is 3.85. The first-order valence-corrected chi connectivity index (χ1v) is 6.55. The Kier molecular flexibility index (Phi) is 3.71. The molecule has 1 aliphatic rings. The van der Waals surface area contributed by atoms with Crippen LogP contribution in [0.5, 0.6) is 0 Å². The monoisotopic (exact) mass is 247 g/mol. The van der Waals surface area contributed by atoms with E-state index in [0.29, 0.717) is 18.8 Å². The van der Waals surface area contributed by atoms with Crippen LogP contribution in [0, 0.1) is 18.3 Å². The van der Waals surface area contributed by atoms with E-state index < -0.39 is 11.4 Å². The van der Waals surface area contributed by atoms with Crippen LogP contribution in [0.3, 0.4) is 0 Å². The molecule has 1 fully saturated rings. The maximum atomic E-state index is 11.6. The zero-order valence-corrected chi connectivity index (χ0v) is 10.9. The first kappa shape index (κ1) is 13.1. The molecule has 3 nitrogen and oxygen atoms in total. The summed E-state index contributed by atoms with van der Waals surface area (Å²) in [5.74, 6) is -0.187. The fraction of sp³-hybridized carbons (Fsp3) is 0.533. The Bertz CT molecular complexity index is 440. The van der Waals surface area contributed by atoms with E-state index in [9.17, 15) is 9.90 Å². The largest absolute Gasteiger partial charge is 0.481 e. The lowest BCUT2D eigenvalue weighted by Crippen LogP contribution is -2.41. The minimum atomic E-state index is -0.783. The molecule has 0 aliphatic heterocycles. The number of carboxylic acid groups (broad SMARTS) is 1. The Labute approximate surface area is 108 Å². The van der Waals surface area contributed by atoms with Gasteiger partial charge in [-0.25, -0.2) is 0 Å². The van der Waals surface area contributed by atoms with Gasteiger partial charge in [-0.3, -0.25) is 4.79 Å². The molecule has 0 bridgehead atoms. The van der Waals surface area contributed by atoms with E-state index in [2.05, 4.69) is 6.07 Å². The van der Waals surface area contributed by atoms with E-state index in [0.717, 1.165) is 24.0 Å². The molecule has 1 aromatic rings. The molecule has 3 heteroatoms. The third-order valence-electron chi connectivity index (χ3n) is 3.85. The second-order valence-corrected chi connectivity index (χ2v) is 5.60. The number of carbonyl (C=O) groups is 1. The lowest BCUT2D eigenvalue weighted by atomic mass is 9.77. The van der Waals surface area contributed by atoms with Gasteiger partial charge in [0.15, 0.2) is 0 Å². The van der Waals surface area contributed by atoms with Gasteiger partial charge in [-0.1, -0.05) is 42.7 Å². The number of hydrogen-bond donors (Lipinski definition) is 2. The second kappa shape index (κ2) is 5.11. The van der Waals surface area contributed by atoms with Crippen LogP contribution in [0.15, 0.2) is 24.3 Å². The van der Waals surface area contributed by atoms with E-state index in [1.807, 2.05) is 25.1 Å². The predicted molar refractivity (Wildman–Crippen MR) is 71.3 cm³/mol. The van der Waals surface area contributed by atoms with E-state index in [4.69, 9.17) is 5.73 Å². The van der Waals surface area contributed by atoms with Crippen LogP contribution in [0.2, 0.25) is 0 Å². The zero-order valence-electron chi connectivity index (χ0n) is 10.9. The first-order valence-electron chi connectivity index (χ1n) is 6.55. The topological polar surface area (TPSA) is 63.3 Å². The third kappa shape index (κ3) is 2.91. The van der Waals surface area contributed by atoms with Gasteiger partial charge >= 0.3 is 5.97 Å². The molecule has 0 aromatic heterocycles. The molecule has 3 N–H and O–H groups in total. The number of rotatable bonds is 6. The van der Waals surface area contributed by atoms with E-state index in [1.54, 1.807) is 0 Å². The highest BCUT2D eigenvalue weighted by Crippen LogP contribution is 2.41. The summed E-state index contributed by atoms with van der Waals surface area (Å²) in [4.78, 5) is 11.6. The molecule has 2 rings (SSSR count). The fourth-order valence-electron chi connectivity index (χ4n) is 2.57. The number of aliphatic carboxylic acids is 1. The summed E-state index contributed by atoms with van der Waals surface area (Å²) in [5.41, 5.74) is 7.24. The molecule has 0 spiro atoms. The molecule has 1 atom stereocenters. The summed E-state index contributed by atoms with van der Waals surface area (Å²) >= 11 is 0. The SMILES string of the molecule is Cc1cccc(CC(CN)(CC2CC2)C(=O)O)c1. The van der Waals surface area contributed by atoms with Crippen LogP contribution in [-0.2, 0) is 11.2 Å². The van der Waals surface area contributed by atoms with Crippen molar-refractivity contribution < 1.29 is 9.90 Å². The molecule has 0 radical (unpaired) electrons. The number of aryl methyl sites for hydroxylation is 1. The molecule has 0 amide bonds. The second-order valence-electron chi connectivity index (χ2n) is 5.60. The van der Waals surface area contributed by atoms with Crippen molar-refractivity contribution in [2.24, 2.45) is 17.1 Å². The Morgan fingerprint density at radius 3 is 2.72 bits per heavy atom. The minimum Gasteiger partial charge on any atom is -0.481 e. The van der Waals surface area contributed by atoms with Crippen LogP contribution in [-0.4, -0.2) is 17.6 Å². The van der Waals surface area contributed by atoms with Crippen molar-refractivity contribution in [2.45, 2.75) is 32.6 Å².